The highest BCUT2D eigenvalue weighted by Crippen LogP contribution is 2.34. The molecule has 4 rings (SSSR count). The van der Waals surface area contributed by atoms with E-state index in [1.807, 2.05) is 4.90 Å². The van der Waals surface area contributed by atoms with Gasteiger partial charge in [0, 0.05) is 25.2 Å². The van der Waals surface area contributed by atoms with Crippen LogP contribution in [0.2, 0.25) is 0 Å². The summed E-state index contributed by atoms with van der Waals surface area (Å²) in [6.45, 7) is -1.68. The number of carbonyl (C=O) groups is 1. The van der Waals surface area contributed by atoms with Crippen LogP contribution in [0.15, 0.2) is 40.8 Å². The van der Waals surface area contributed by atoms with Crippen molar-refractivity contribution in [1.29, 1.82) is 0 Å². The number of alkyl halides is 2. The van der Waals surface area contributed by atoms with Gasteiger partial charge in [0.25, 0.3) is 11.7 Å². The Morgan fingerprint density at radius 2 is 1.84 bits per heavy atom. The Morgan fingerprint density at radius 3 is 2.48 bits per heavy atom. The number of hydrogen-bond acceptors (Lipinski definition) is 8. The summed E-state index contributed by atoms with van der Waals surface area (Å²) >= 11 is 0. The minimum atomic E-state index is -3.07. The highest BCUT2D eigenvalue weighted by atomic mass is 19.3. The molecule has 1 saturated heterocycles. The molecule has 1 aliphatic rings. The van der Waals surface area contributed by atoms with E-state index in [1.54, 1.807) is 0 Å². The summed E-state index contributed by atoms with van der Waals surface area (Å²) in [5, 5.41) is 10.8. The van der Waals surface area contributed by atoms with Gasteiger partial charge in [0.1, 0.15) is 11.3 Å². The molecular weight excluding hydrogens is 416 g/mol. The molecule has 0 spiro atoms. The van der Waals surface area contributed by atoms with Crippen LogP contribution in [-0.2, 0) is 0 Å². The molecule has 0 aliphatic carbocycles. The lowest BCUT2D eigenvalue weighted by Gasteiger charge is -2.24. The van der Waals surface area contributed by atoms with E-state index in [0.29, 0.717) is 13.1 Å². The van der Waals surface area contributed by atoms with Gasteiger partial charge in [0.2, 0.25) is 0 Å². The second-order valence-corrected chi connectivity index (χ2v) is 6.85. The fraction of sp³-hybridized carbons (Fsp3) is 0.300. The first-order valence-electron chi connectivity index (χ1n) is 9.52. The normalized spacial score (nSPS) is 14.1. The number of aromatic nitrogens is 1. The number of benzene rings is 2. The molecule has 162 valence electrons. The number of fused-ring (bicyclic) bond motifs is 1. The quantitative estimate of drug-likeness (QED) is 0.241. The fourth-order valence-electron chi connectivity index (χ4n) is 3.34. The number of ether oxygens (including phenoxy) is 2. The molecule has 0 radical (unpaired) electrons. The predicted molar refractivity (Wildman–Crippen MR) is 105 cm³/mol. The fourth-order valence-corrected chi connectivity index (χ4v) is 3.34. The van der Waals surface area contributed by atoms with Crippen LogP contribution in [-0.4, -0.2) is 35.6 Å². The number of nitro groups is 1. The predicted octanol–water partition coefficient (Wildman–Crippen LogP) is 4.55. The largest absolute Gasteiger partial charge is 0.432 e. The molecule has 2 heterocycles. The van der Waals surface area contributed by atoms with Gasteiger partial charge in [-0.05, 0) is 43.5 Å². The van der Waals surface area contributed by atoms with E-state index in [1.165, 1.54) is 36.4 Å². The third kappa shape index (κ3) is 4.39. The van der Waals surface area contributed by atoms with Gasteiger partial charge < -0.3 is 18.8 Å². The molecule has 1 aromatic heterocycles. The molecule has 3 aromatic rings. The first-order chi connectivity index (χ1) is 14.9. The summed E-state index contributed by atoms with van der Waals surface area (Å²) in [6.07, 6.45) is 2.95. The molecule has 0 saturated carbocycles. The van der Waals surface area contributed by atoms with Gasteiger partial charge in [-0.25, -0.2) is 4.79 Å². The molecule has 0 unspecified atom stereocenters. The highest BCUT2D eigenvalue weighted by molar-refractivity contribution is 6.03. The number of nitrogens with zero attached hydrogens (tertiary/aromatic N) is 3. The van der Waals surface area contributed by atoms with Crippen LogP contribution >= 0.6 is 0 Å². The average molecular weight is 433 g/mol. The maximum absolute atomic E-state index is 12.8. The Balaban J connectivity index is 1.68. The zero-order valence-corrected chi connectivity index (χ0v) is 16.1. The van der Waals surface area contributed by atoms with Crippen LogP contribution < -0.4 is 14.4 Å². The molecule has 0 N–H and O–H groups in total. The molecule has 0 atom stereocenters. The molecular formula is C20H17F2N3O6. The third-order valence-corrected chi connectivity index (χ3v) is 4.82. The molecule has 2 aromatic carbocycles. The first kappa shape index (κ1) is 20.5. The summed E-state index contributed by atoms with van der Waals surface area (Å²) in [5.74, 6) is -0.972. The van der Waals surface area contributed by atoms with Gasteiger partial charge >= 0.3 is 12.6 Å². The third-order valence-electron chi connectivity index (χ3n) is 4.82. The smallest absolute Gasteiger partial charge is 0.387 e. The maximum Gasteiger partial charge on any atom is 0.387 e. The minimum Gasteiger partial charge on any atom is -0.432 e. The van der Waals surface area contributed by atoms with E-state index >= 15 is 0 Å². The van der Waals surface area contributed by atoms with Gasteiger partial charge in [-0.2, -0.15) is 13.8 Å². The number of esters is 1. The Morgan fingerprint density at radius 1 is 1.13 bits per heavy atom. The zero-order chi connectivity index (χ0) is 22.0. The van der Waals surface area contributed by atoms with Crippen molar-refractivity contribution >= 4 is 28.8 Å². The lowest BCUT2D eigenvalue weighted by molar-refractivity contribution is -0.384. The molecule has 9 nitrogen and oxygen atoms in total. The molecule has 31 heavy (non-hydrogen) atoms. The van der Waals surface area contributed by atoms with Gasteiger partial charge in [-0.3, -0.25) is 10.1 Å². The van der Waals surface area contributed by atoms with Crippen molar-refractivity contribution in [2.24, 2.45) is 0 Å². The first-order valence-corrected chi connectivity index (χ1v) is 9.52. The molecule has 0 bridgehead atoms. The van der Waals surface area contributed by atoms with Crippen molar-refractivity contribution in [3.05, 3.63) is 52.1 Å². The number of piperidine rings is 1. The Hall–Kier alpha value is -3.76. The van der Waals surface area contributed by atoms with Crippen LogP contribution in [0.5, 0.6) is 11.5 Å². The number of non-ortho nitro benzene ring substituents is 1. The van der Waals surface area contributed by atoms with Crippen LogP contribution in [0.4, 0.5) is 20.5 Å². The lowest BCUT2D eigenvalue weighted by Crippen LogP contribution is -2.29. The van der Waals surface area contributed by atoms with E-state index in [4.69, 9.17) is 9.15 Å². The number of hydrogen-bond donors (Lipinski definition) is 0. The van der Waals surface area contributed by atoms with Gasteiger partial charge in [-0.15, -0.1) is 0 Å². The standard InChI is InChI=1S/C20H17F2N3O6/c21-19(22)30-15-9-8-14(18(26)29-13-6-4-12(5-7-13)25(27)28)17-16(15)23-20(31-17)24-10-2-1-3-11-24/h4-9,19H,1-3,10-11H2. The second kappa shape index (κ2) is 8.54. The van der Waals surface area contributed by atoms with Crippen molar-refractivity contribution in [3.63, 3.8) is 0 Å². The van der Waals surface area contributed by atoms with E-state index < -0.39 is 17.5 Å². The number of rotatable bonds is 6. The van der Waals surface area contributed by atoms with E-state index in [-0.39, 0.29) is 39.9 Å². The van der Waals surface area contributed by atoms with Gasteiger partial charge in [0.05, 0.1) is 4.92 Å². The van der Waals surface area contributed by atoms with Crippen LogP contribution in [0.3, 0.4) is 0 Å². The van der Waals surface area contributed by atoms with Crippen LogP contribution in [0.25, 0.3) is 11.1 Å². The second-order valence-electron chi connectivity index (χ2n) is 6.85. The van der Waals surface area contributed by atoms with Crippen molar-refractivity contribution < 1.29 is 32.4 Å². The number of carbonyl (C=O) groups excluding carboxylic acids is 1. The van der Waals surface area contributed by atoms with Crippen molar-refractivity contribution in [2.45, 2.75) is 25.9 Å². The lowest BCUT2D eigenvalue weighted by atomic mass is 10.1. The Bertz CT molecular complexity index is 1110. The van der Waals surface area contributed by atoms with Crippen LogP contribution in [0.1, 0.15) is 29.6 Å². The summed E-state index contributed by atoms with van der Waals surface area (Å²) < 4.78 is 41.2. The zero-order valence-electron chi connectivity index (χ0n) is 16.1. The average Bonchev–Trinajstić information content (AvgIpc) is 3.20. The summed E-state index contributed by atoms with van der Waals surface area (Å²) in [6, 6.07) is 7.61. The molecule has 1 fully saturated rings. The van der Waals surface area contributed by atoms with Crippen molar-refractivity contribution in [2.75, 3.05) is 18.0 Å². The van der Waals surface area contributed by atoms with Gasteiger partial charge in [0.15, 0.2) is 16.8 Å². The minimum absolute atomic E-state index is 0.0148. The number of halogens is 2. The van der Waals surface area contributed by atoms with Crippen molar-refractivity contribution in [3.8, 4) is 11.5 Å². The van der Waals surface area contributed by atoms with E-state index in [0.717, 1.165) is 19.3 Å². The number of anilines is 1. The van der Waals surface area contributed by atoms with Crippen molar-refractivity contribution in [1.82, 2.24) is 4.98 Å². The van der Waals surface area contributed by atoms with E-state index in [2.05, 4.69) is 9.72 Å². The van der Waals surface area contributed by atoms with Crippen LogP contribution in [0, 0.1) is 10.1 Å². The number of oxazole rings is 1. The summed E-state index contributed by atoms with van der Waals surface area (Å²) in [7, 11) is 0. The highest BCUT2D eigenvalue weighted by Gasteiger charge is 2.25. The molecule has 0 amide bonds. The Labute approximate surface area is 174 Å². The number of nitro benzene ring substituents is 1. The summed E-state index contributed by atoms with van der Waals surface area (Å²) in [5.41, 5.74) is -0.243. The molecule has 1 aliphatic heterocycles. The maximum atomic E-state index is 12.8. The SMILES string of the molecule is O=C(Oc1ccc([N+](=O)[O-])cc1)c1ccc(OC(F)F)c2nc(N3CCCCC3)oc12. The topological polar surface area (TPSA) is 108 Å². The Kier molecular flexibility index (Phi) is 5.65. The summed E-state index contributed by atoms with van der Waals surface area (Å²) in [4.78, 5) is 29.1. The monoisotopic (exact) mass is 433 g/mol. The molecule has 11 heteroatoms. The van der Waals surface area contributed by atoms with Gasteiger partial charge in [-0.1, -0.05) is 0 Å². The van der Waals surface area contributed by atoms with E-state index in [9.17, 15) is 23.7 Å².